The van der Waals surface area contributed by atoms with Gasteiger partial charge in [0, 0.05) is 5.39 Å². The van der Waals surface area contributed by atoms with E-state index in [9.17, 15) is 8.42 Å². The van der Waals surface area contributed by atoms with Gasteiger partial charge in [0.15, 0.2) is 0 Å². The van der Waals surface area contributed by atoms with E-state index in [1.807, 2.05) is 56.3 Å². The Labute approximate surface area is 151 Å². The summed E-state index contributed by atoms with van der Waals surface area (Å²) in [4.78, 5) is 0.0561. The van der Waals surface area contributed by atoms with Gasteiger partial charge in [0.05, 0.1) is 11.6 Å². The van der Waals surface area contributed by atoms with Gasteiger partial charge in [-0.25, -0.2) is 0 Å². The lowest BCUT2D eigenvalue weighted by Crippen LogP contribution is -2.12. The lowest BCUT2D eigenvalue weighted by atomic mass is 9.94. The summed E-state index contributed by atoms with van der Waals surface area (Å²) in [5, 5.41) is 5.83. The molecule has 4 rings (SSSR count). The molecule has 0 aliphatic carbocycles. The fraction of sp³-hybridized carbons (Fsp3) is 0.200. The Morgan fingerprint density at radius 1 is 0.960 bits per heavy atom. The molecule has 25 heavy (non-hydrogen) atoms. The molecule has 0 unspecified atom stereocenters. The second-order valence-corrected chi connectivity index (χ2v) is 8.64. The summed E-state index contributed by atoms with van der Waals surface area (Å²) in [6, 6.07) is 15.5. The van der Waals surface area contributed by atoms with E-state index in [0.29, 0.717) is 5.39 Å². The van der Waals surface area contributed by atoms with Gasteiger partial charge in [-0.05, 0) is 38.9 Å². The van der Waals surface area contributed by atoms with E-state index in [1.165, 1.54) is 0 Å². The van der Waals surface area contributed by atoms with Crippen LogP contribution in [-0.2, 0) is 14.3 Å². The van der Waals surface area contributed by atoms with Crippen LogP contribution in [0.15, 0.2) is 53.4 Å². The molecule has 0 amide bonds. The first-order chi connectivity index (χ1) is 11.9. The van der Waals surface area contributed by atoms with Crippen molar-refractivity contribution in [3.8, 4) is 0 Å². The van der Waals surface area contributed by atoms with Crippen molar-refractivity contribution in [3.63, 3.8) is 0 Å². The average molecular weight is 373 g/mol. The van der Waals surface area contributed by atoms with E-state index >= 15 is 0 Å². The highest BCUT2D eigenvalue weighted by Crippen LogP contribution is 2.40. The predicted molar refractivity (Wildman–Crippen MR) is 103 cm³/mol. The average Bonchev–Trinajstić information content (AvgIpc) is 2.57. The fourth-order valence-corrected chi connectivity index (χ4v) is 5.10. The monoisotopic (exact) mass is 372 g/mol. The highest BCUT2D eigenvalue weighted by molar-refractivity contribution is 7.87. The van der Waals surface area contributed by atoms with Crippen molar-refractivity contribution in [1.29, 1.82) is 0 Å². The third-order valence-electron chi connectivity index (χ3n) is 4.36. The van der Waals surface area contributed by atoms with Crippen molar-refractivity contribution in [1.82, 2.24) is 0 Å². The molecule has 128 valence electrons. The van der Waals surface area contributed by atoms with Crippen LogP contribution < -0.4 is 0 Å². The number of hydrogen-bond donors (Lipinski definition) is 0. The molecule has 0 spiro atoms. The Balaban J connectivity index is 2.10. The Hall–Kier alpha value is -1.88. The summed E-state index contributed by atoms with van der Waals surface area (Å²) in [7, 11) is -3.94. The molecule has 0 N–H and O–H groups in total. The number of halogens is 1. The molecule has 0 heterocycles. The van der Waals surface area contributed by atoms with Crippen LogP contribution in [0.1, 0.15) is 13.8 Å². The van der Waals surface area contributed by atoms with Gasteiger partial charge >= 0.3 is 0 Å². The van der Waals surface area contributed by atoms with E-state index in [4.69, 9.17) is 15.8 Å². The quantitative estimate of drug-likeness (QED) is 0.346. The normalized spacial score (nSPS) is 12.8. The van der Waals surface area contributed by atoms with Crippen LogP contribution in [0.4, 0.5) is 0 Å². The molecule has 0 saturated heterocycles. The topological polar surface area (TPSA) is 43.4 Å². The minimum absolute atomic E-state index is 0.0561. The molecule has 4 aromatic rings. The fourth-order valence-electron chi connectivity index (χ4n) is 3.29. The van der Waals surface area contributed by atoms with Gasteiger partial charge in [-0.1, -0.05) is 67.9 Å². The van der Waals surface area contributed by atoms with Crippen molar-refractivity contribution in [3.05, 3.63) is 53.6 Å². The first-order valence-electron chi connectivity index (χ1n) is 8.14. The standard InChI is InChI=1S/C20H17ClO3S/c1-12(2)11-24-25(22,23)20-16-9-8-14-5-3-4-13-6-7-15(10-17(20)21)19(16)18(13)14/h3-10,12H,11H2,1-2H3. The lowest BCUT2D eigenvalue weighted by Gasteiger charge is -2.16. The maximum atomic E-state index is 12.8. The molecule has 0 fully saturated rings. The molecule has 3 nitrogen and oxygen atoms in total. The first kappa shape index (κ1) is 16.6. The Bertz CT molecular complexity index is 1180. The van der Waals surface area contributed by atoms with Crippen LogP contribution in [0, 0.1) is 5.92 Å². The van der Waals surface area contributed by atoms with Crippen molar-refractivity contribution >= 4 is 54.0 Å². The van der Waals surface area contributed by atoms with Crippen LogP contribution in [0.2, 0.25) is 5.02 Å². The number of hydrogen-bond acceptors (Lipinski definition) is 3. The summed E-state index contributed by atoms with van der Waals surface area (Å²) in [6.07, 6.45) is 0. The largest absolute Gasteiger partial charge is 0.299 e. The lowest BCUT2D eigenvalue weighted by molar-refractivity contribution is 0.275. The molecule has 0 aromatic heterocycles. The maximum Gasteiger partial charge on any atom is 0.299 e. The molecule has 0 aliphatic heterocycles. The molecule has 0 bridgehead atoms. The molecule has 5 heteroatoms. The molecule has 4 aromatic carbocycles. The van der Waals surface area contributed by atoms with Crippen molar-refractivity contribution in [2.24, 2.45) is 5.92 Å². The van der Waals surface area contributed by atoms with Gasteiger partial charge in [-0.3, -0.25) is 4.18 Å². The summed E-state index contributed by atoms with van der Waals surface area (Å²) in [5.41, 5.74) is 0. The smallest absolute Gasteiger partial charge is 0.266 e. The van der Waals surface area contributed by atoms with Gasteiger partial charge in [0.25, 0.3) is 10.1 Å². The summed E-state index contributed by atoms with van der Waals surface area (Å²) in [5.74, 6) is 0.105. The van der Waals surface area contributed by atoms with Gasteiger partial charge in [-0.15, -0.1) is 0 Å². The second-order valence-electron chi connectivity index (χ2n) is 6.68. The molecule has 0 atom stereocenters. The van der Waals surface area contributed by atoms with Crippen molar-refractivity contribution in [2.75, 3.05) is 6.61 Å². The minimum Gasteiger partial charge on any atom is -0.266 e. The van der Waals surface area contributed by atoms with Crippen LogP contribution in [0.25, 0.3) is 32.3 Å². The second kappa shape index (κ2) is 5.84. The molecular formula is C20H17ClO3S. The first-order valence-corrected chi connectivity index (χ1v) is 9.92. The number of benzene rings is 4. The Morgan fingerprint density at radius 2 is 1.60 bits per heavy atom. The zero-order chi connectivity index (χ0) is 17.8. The predicted octanol–water partition coefficient (Wildman–Crippen LogP) is 5.60. The number of rotatable bonds is 4. The highest BCUT2D eigenvalue weighted by Gasteiger charge is 2.25. The highest BCUT2D eigenvalue weighted by atomic mass is 35.5. The van der Waals surface area contributed by atoms with Crippen molar-refractivity contribution < 1.29 is 12.6 Å². The third-order valence-corrected chi connectivity index (χ3v) is 6.16. The van der Waals surface area contributed by atoms with E-state index in [0.717, 1.165) is 26.9 Å². The minimum atomic E-state index is -3.94. The van der Waals surface area contributed by atoms with Crippen LogP contribution in [0.5, 0.6) is 0 Å². The van der Waals surface area contributed by atoms with Gasteiger partial charge in [-0.2, -0.15) is 8.42 Å². The molecule has 0 saturated carbocycles. The van der Waals surface area contributed by atoms with Crippen LogP contribution in [-0.4, -0.2) is 15.0 Å². The summed E-state index contributed by atoms with van der Waals surface area (Å²) >= 11 is 6.37. The van der Waals surface area contributed by atoms with E-state index in [1.54, 1.807) is 6.07 Å². The SMILES string of the molecule is CC(C)COS(=O)(=O)c1c(Cl)cc2ccc3cccc4ccc1c2c34. The van der Waals surface area contributed by atoms with E-state index in [2.05, 4.69) is 0 Å². The summed E-state index contributed by atoms with van der Waals surface area (Å²) in [6.45, 7) is 3.93. The third kappa shape index (κ3) is 2.65. The zero-order valence-electron chi connectivity index (χ0n) is 13.9. The van der Waals surface area contributed by atoms with Crippen molar-refractivity contribution in [2.45, 2.75) is 18.7 Å². The Kier molecular flexibility index (Phi) is 3.87. The van der Waals surface area contributed by atoms with Crippen LogP contribution >= 0.6 is 11.6 Å². The van der Waals surface area contributed by atoms with Gasteiger partial charge in [0.2, 0.25) is 0 Å². The molecular weight excluding hydrogens is 356 g/mol. The molecule has 0 radical (unpaired) electrons. The van der Waals surface area contributed by atoms with Gasteiger partial charge < -0.3 is 0 Å². The van der Waals surface area contributed by atoms with E-state index < -0.39 is 10.1 Å². The van der Waals surface area contributed by atoms with E-state index in [-0.39, 0.29) is 22.4 Å². The summed E-state index contributed by atoms with van der Waals surface area (Å²) < 4.78 is 30.8. The Morgan fingerprint density at radius 3 is 2.28 bits per heavy atom. The van der Waals surface area contributed by atoms with Crippen LogP contribution in [0.3, 0.4) is 0 Å². The van der Waals surface area contributed by atoms with Gasteiger partial charge in [0.1, 0.15) is 4.90 Å². The zero-order valence-corrected chi connectivity index (χ0v) is 15.5. The maximum absolute atomic E-state index is 12.8. The molecule has 0 aliphatic rings.